The number of benzene rings is 2. The molecular formula is C25H25FN6O4. The van der Waals surface area contributed by atoms with Crippen molar-refractivity contribution in [2.24, 2.45) is 0 Å². The van der Waals surface area contributed by atoms with Gasteiger partial charge in [-0.2, -0.15) is 0 Å². The zero-order valence-electron chi connectivity index (χ0n) is 19.5. The second-order valence-electron chi connectivity index (χ2n) is 9.10. The van der Waals surface area contributed by atoms with Crippen LogP contribution in [0.2, 0.25) is 0 Å². The number of ether oxygens (including phenoxy) is 3. The molecule has 4 heterocycles. The fourth-order valence-corrected chi connectivity index (χ4v) is 4.68. The van der Waals surface area contributed by atoms with Gasteiger partial charge in [-0.1, -0.05) is 12.1 Å². The molecule has 6 rings (SSSR count). The molecule has 0 bridgehead atoms. The predicted octanol–water partition coefficient (Wildman–Crippen LogP) is 2.61. The number of nitrogens with one attached hydrogen (secondary N) is 1. The average molecular weight is 493 g/mol. The molecule has 1 atom stereocenters. The van der Waals surface area contributed by atoms with Gasteiger partial charge in [-0.3, -0.25) is 9.69 Å². The van der Waals surface area contributed by atoms with Crippen molar-refractivity contribution in [3.8, 4) is 11.5 Å². The quantitative estimate of drug-likeness (QED) is 0.400. The maximum absolute atomic E-state index is 13.3. The number of H-pyrrole nitrogens is 1. The maximum Gasteiger partial charge on any atom is 0.252 e. The first-order valence-corrected chi connectivity index (χ1v) is 11.9. The third-order valence-corrected chi connectivity index (χ3v) is 6.51. The van der Waals surface area contributed by atoms with Crippen LogP contribution in [0.15, 0.2) is 47.3 Å². The summed E-state index contributed by atoms with van der Waals surface area (Å²) in [4.78, 5) is 18.1. The lowest BCUT2D eigenvalue weighted by atomic mass is 10.1. The van der Waals surface area contributed by atoms with Crippen molar-refractivity contribution in [1.29, 1.82) is 0 Å². The molecule has 1 unspecified atom stereocenters. The summed E-state index contributed by atoms with van der Waals surface area (Å²) in [7, 11) is 0. The summed E-state index contributed by atoms with van der Waals surface area (Å²) in [6.45, 7) is 2.78. The van der Waals surface area contributed by atoms with E-state index in [1.165, 1.54) is 12.1 Å². The lowest BCUT2D eigenvalue weighted by molar-refractivity contribution is 0.0663. The van der Waals surface area contributed by atoms with E-state index < -0.39 is 0 Å². The average Bonchev–Trinajstić information content (AvgIpc) is 3.63. The first kappa shape index (κ1) is 22.6. The van der Waals surface area contributed by atoms with E-state index in [0.717, 1.165) is 30.4 Å². The Morgan fingerprint density at radius 1 is 1.11 bits per heavy atom. The zero-order chi connectivity index (χ0) is 24.5. The number of aromatic nitrogens is 5. The Bertz CT molecular complexity index is 1430. The molecule has 1 fully saturated rings. The lowest BCUT2D eigenvalue weighted by Gasteiger charge is -2.24. The zero-order valence-corrected chi connectivity index (χ0v) is 19.5. The summed E-state index contributed by atoms with van der Waals surface area (Å²) in [5.41, 5.74) is 2.05. The largest absolute Gasteiger partial charge is 0.454 e. The number of hydrogen-bond donors (Lipinski definition) is 1. The lowest BCUT2D eigenvalue weighted by Crippen LogP contribution is -2.34. The van der Waals surface area contributed by atoms with Gasteiger partial charge in [0, 0.05) is 36.7 Å². The monoisotopic (exact) mass is 492 g/mol. The molecule has 0 radical (unpaired) electrons. The minimum atomic E-state index is -0.289. The number of hydrogen-bond acceptors (Lipinski definition) is 8. The molecule has 1 N–H and O–H groups in total. The van der Waals surface area contributed by atoms with Crippen molar-refractivity contribution in [2.75, 3.05) is 19.9 Å². The van der Waals surface area contributed by atoms with Gasteiger partial charge in [0.25, 0.3) is 5.56 Å². The van der Waals surface area contributed by atoms with Crippen molar-refractivity contribution in [2.45, 2.75) is 38.6 Å². The normalized spacial score (nSPS) is 16.9. The summed E-state index contributed by atoms with van der Waals surface area (Å²) in [5, 5.41) is 13.1. The second-order valence-corrected chi connectivity index (χ2v) is 9.10. The molecule has 0 spiro atoms. The Kier molecular flexibility index (Phi) is 6.08. The molecule has 2 aromatic heterocycles. The van der Waals surface area contributed by atoms with Crippen LogP contribution >= 0.6 is 0 Å². The molecule has 2 aromatic carbocycles. The summed E-state index contributed by atoms with van der Waals surface area (Å²) < 4.78 is 31.8. The molecule has 10 nitrogen and oxygen atoms in total. The Hall–Kier alpha value is -3.83. The van der Waals surface area contributed by atoms with Gasteiger partial charge in [-0.05, 0) is 53.1 Å². The maximum atomic E-state index is 13.3. The van der Waals surface area contributed by atoms with Crippen molar-refractivity contribution in [3.63, 3.8) is 0 Å². The second kappa shape index (κ2) is 9.67. The van der Waals surface area contributed by atoms with Gasteiger partial charge in [0.2, 0.25) is 6.79 Å². The number of aromatic amines is 1. The number of nitrogens with zero attached hydrogens (tertiary/aromatic N) is 5. The number of halogens is 1. The van der Waals surface area contributed by atoms with Crippen LogP contribution < -0.4 is 15.0 Å². The topological polar surface area (TPSA) is 107 Å². The van der Waals surface area contributed by atoms with Crippen LogP contribution in [0.4, 0.5) is 4.39 Å². The Balaban J connectivity index is 1.26. The van der Waals surface area contributed by atoms with Crippen LogP contribution in [0, 0.1) is 5.82 Å². The highest BCUT2D eigenvalue weighted by Crippen LogP contribution is 2.35. The van der Waals surface area contributed by atoms with Crippen molar-refractivity contribution >= 4 is 10.9 Å². The summed E-state index contributed by atoms with van der Waals surface area (Å²) in [5.74, 6) is 1.65. The van der Waals surface area contributed by atoms with E-state index >= 15 is 0 Å². The highest BCUT2D eigenvalue weighted by atomic mass is 19.1. The molecule has 0 saturated carbocycles. The first-order valence-electron chi connectivity index (χ1n) is 11.9. The Morgan fingerprint density at radius 2 is 1.94 bits per heavy atom. The van der Waals surface area contributed by atoms with Crippen molar-refractivity contribution in [3.05, 3.63) is 75.6 Å². The van der Waals surface area contributed by atoms with E-state index in [9.17, 15) is 9.18 Å². The molecule has 186 valence electrons. The molecule has 0 amide bonds. The third kappa shape index (κ3) is 4.79. The number of tetrazole rings is 1. The molecule has 1 saturated heterocycles. The van der Waals surface area contributed by atoms with Gasteiger partial charge in [0.15, 0.2) is 17.3 Å². The van der Waals surface area contributed by atoms with Crippen LogP contribution in [0.5, 0.6) is 11.5 Å². The molecule has 0 aliphatic carbocycles. The smallest absolute Gasteiger partial charge is 0.252 e. The predicted molar refractivity (Wildman–Crippen MR) is 127 cm³/mol. The fourth-order valence-electron chi connectivity index (χ4n) is 4.68. The van der Waals surface area contributed by atoms with E-state index in [0.29, 0.717) is 54.6 Å². The Morgan fingerprint density at radius 3 is 2.75 bits per heavy atom. The van der Waals surface area contributed by atoms with Crippen LogP contribution in [0.3, 0.4) is 0 Å². The van der Waals surface area contributed by atoms with Gasteiger partial charge < -0.3 is 19.2 Å². The van der Waals surface area contributed by atoms with Crippen molar-refractivity contribution in [1.82, 2.24) is 30.1 Å². The van der Waals surface area contributed by atoms with Crippen molar-refractivity contribution < 1.29 is 18.6 Å². The van der Waals surface area contributed by atoms with E-state index in [1.54, 1.807) is 22.9 Å². The van der Waals surface area contributed by atoms with Crippen LogP contribution in [0.25, 0.3) is 10.9 Å². The summed E-state index contributed by atoms with van der Waals surface area (Å²) in [6.07, 6.45) is 2.07. The highest BCUT2D eigenvalue weighted by molar-refractivity contribution is 5.83. The molecule has 2 aliphatic heterocycles. The SMILES string of the molecule is O=c1[nH]c2cc3c(cc2cc1CN(Cc1nnnn1Cc1ccc(F)cc1)CC1CCCO1)OCO3. The molecule has 4 aromatic rings. The van der Waals surface area contributed by atoms with Gasteiger partial charge in [0.1, 0.15) is 5.82 Å². The minimum Gasteiger partial charge on any atom is -0.454 e. The van der Waals surface area contributed by atoms with E-state index in [-0.39, 0.29) is 24.3 Å². The third-order valence-electron chi connectivity index (χ3n) is 6.51. The fraction of sp³-hybridized carbons (Fsp3) is 0.360. The molecule has 11 heteroatoms. The number of rotatable bonds is 8. The van der Waals surface area contributed by atoms with Crippen LogP contribution in [-0.4, -0.2) is 56.1 Å². The van der Waals surface area contributed by atoms with Gasteiger partial charge in [0.05, 0.1) is 24.7 Å². The first-order chi connectivity index (χ1) is 17.6. The molecule has 2 aliphatic rings. The summed E-state index contributed by atoms with van der Waals surface area (Å²) in [6, 6.07) is 11.8. The van der Waals surface area contributed by atoms with E-state index in [4.69, 9.17) is 14.2 Å². The standard InChI is InChI=1S/C25H25FN6O4/c26-19-5-3-16(4-6-19)11-32-24(28-29-30-32)14-31(13-20-2-1-7-34-20)12-18-8-17-9-22-23(36-15-35-22)10-21(17)27-25(18)33/h3-6,8-10,20H,1-2,7,11-15H2,(H,27,33). The van der Waals surface area contributed by atoms with Gasteiger partial charge in [-0.25, -0.2) is 9.07 Å². The van der Waals surface area contributed by atoms with Gasteiger partial charge >= 0.3 is 0 Å². The highest BCUT2D eigenvalue weighted by Gasteiger charge is 2.23. The molecule has 36 heavy (non-hydrogen) atoms. The minimum absolute atomic E-state index is 0.0831. The number of fused-ring (bicyclic) bond motifs is 2. The molecular weight excluding hydrogens is 467 g/mol. The summed E-state index contributed by atoms with van der Waals surface area (Å²) >= 11 is 0. The van der Waals surface area contributed by atoms with E-state index in [2.05, 4.69) is 25.4 Å². The Labute approximate surface area is 205 Å². The number of pyridine rings is 1. The van der Waals surface area contributed by atoms with Gasteiger partial charge in [-0.15, -0.1) is 5.10 Å². The van der Waals surface area contributed by atoms with Crippen LogP contribution in [-0.2, 0) is 24.4 Å². The van der Waals surface area contributed by atoms with Crippen LogP contribution in [0.1, 0.15) is 29.8 Å². The van der Waals surface area contributed by atoms with E-state index in [1.807, 2.05) is 12.1 Å².